The maximum atomic E-state index is 10.7. The van der Waals surface area contributed by atoms with Gasteiger partial charge in [0.25, 0.3) is 0 Å². The van der Waals surface area contributed by atoms with Gasteiger partial charge in [0.15, 0.2) is 0 Å². The SMILES string of the molecule is CN(C)C(=O)N(C)C.O=P(O)(O)F.O=P(O)(O)F.O=P(O)(O)F.O=P(O)(O)F.O=P(O)(O)F.O=P(O)(O)F. The predicted molar refractivity (Wildman–Crippen MR) is 112 cm³/mol. The molecule has 0 aromatic heterocycles. The Morgan fingerprint density at radius 2 is 0.447 bits per heavy atom. The van der Waals surface area contributed by atoms with Crippen molar-refractivity contribution in [3.63, 3.8) is 0 Å². The maximum Gasteiger partial charge on any atom is 0.507 e. The molecular formula is C5H24F6N2O19P6. The Morgan fingerprint density at radius 1 is 0.395 bits per heavy atom. The molecule has 21 nitrogen and oxygen atoms in total. The highest BCUT2D eigenvalue weighted by Gasteiger charge is 2.07. The summed E-state index contributed by atoms with van der Waals surface area (Å²) in [6.07, 6.45) is 0. The summed E-state index contributed by atoms with van der Waals surface area (Å²) < 4.78 is 114. The lowest BCUT2D eigenvalue weighted by Crippen LogP contribution is -2.33. The molecule has 0 bridgehead atoms. The van der Waals surface area contributed by atoms with Crippen LogP contribution in [0.2, 0.25) is 0 Å². The van der Waals surface area contributed by atoms with Crippen molar-refractivity contribution >= 4 is 53.5 Å². The molecular weight excluding hydrogens is 692 g/mol. The van der Waals surface area contributed by atoms with E-state index in [1.54, 1.807) is 28.2 Å². The minimum atomic E-state index is -5.14. The van der Waals surface area contributed by atoms with E-state index in [9.17, 15) is 30.0 Å². The minimum Gasteiger partial charge on any atom is -0.331 e. The molecule has 0 rings (SSSR count). The monoisotopic (exact) mass is 716 g/mol. The number of urea groups is 1. The molecule has 0 aromatic carbocycles. The van der Waals surface area contributed by atoms with E-state index in [0.29, 0.717) is 0 Å². The molecule has 0 saturated carbocycles. The van der Waals surface area contributed by atoms with Gasteiger partial charge < -0.3 is 9.80 Å². The smallest absolute Gasteiger partial charge is 0.331 e. The molecule has 0 unspecified atom stereocenters. The first kappa shape index (κ1) is 53.9. The Balaban J connectivity index is -0.0000000596. The van der Waals surface area contributed by atoms with Gasteiger partial charge in [-0.05, 0) is 0 Å². The van der Waals surface area contributed by atoms with Gasteiger partial charge in [0.05, 0.1) is 0 Å². The number of nitrogens with zero attached hydrogens (tertiary/aromatic N) is 2. The van der Waals surface area contributed by atoms with Crippen molar-refractivity contribution in [3.05, 3.63) is 0 Å². The van der Waals surface area contributed by atoms with Gasteiger partial charge in [-0.1, -0.05) is 0 Å². The van der Waals surface area contributed by atoms with Crippen LogP contribution in [0.25, 0.3) is 0 Å². The van der Waals surface area contributed by atoms with Gasteiger partial charge in [-0.15, -0.1) is 25.2 Å². The first-order chi connectivity index (χ1) is 15.6. The summed E-state index contributed by atoms with van der Waals surface area (Å²) in [5.41, 5.74) is 0. The summed E-state index contributed by atoms with van der Waals surface area (Å²) in [6.45, 7) is 0. The molecule has 0 aliphatic carbocycles. The van der Waals surface area contributed by atoms with Crippen molar-refractivity contribution < 1.29 is 116 Å². The zero-order valence-corrected chi connectivity index (χ0v) is 23.9. The number of carbonyl (C=O) groups excluding carboxylic acids is 1. The lowest BCUT2D eigenvalue weighted by atomic mass is 10.7. The van der Waals surface area contributed by atoms with E-state index >= 15 is 0 Å². The quantitative estimate of drug-likeness (QED) is 0.120. The van der Waals surface area contributed by atoms with Gasteiger partial charge in [0.1, 0.15) is 0 Å². The van der Waals surface area contributed by atoms with Crippen LogP contribution < -0.4 is 0 Å². The van der Waals surface area contributed by atoms with Gasteiger partial charge >= 0.3 is 53.5 Å². The van der Waals surface area contributed by atoms with Crippen LogP contribution in [-0.4, -0.2) is 103 Å². The van der Waals surface area contributed by atoms with Crippen LogP contribution in [0.1, 0.15) is 0 Å². The van der Waals surface area contributed by atoms with E-state index in [0.717, 1.165) is 0 Å². The van der Waals surface area contributed by atoms with Crippen LogP contribution in [0.3, 0.4) is 0 Å². The molecule has 0 aromatic rings. The van der Waals surface area contributed by atoms with E-state index in [1.807, 2.05) is 0 Å². The predicted octanol–water partition coefficient (Wildman–Crippen LogP) is 0.521. The largest absolute Gasteiger partial charge is 0.507 e. The molecule has 38 heavy (non-hydrogen) atoms. The Bertz CT molecular complexity index is 668. The number of hydrogen-bond acceptors (Lipinski definition) is 7. The number of hydrogen-bond donors (Lipinski definition) is 12. The number of halogens is 6. The van der Waals surface area contributed by atoms with E-state index in [-0.39, 0.29) is 6.03 Å². The van der Waals surface area contributed by atoms with E-state index in [4.69, 9.17) is 86.1 Å². The Labute approximate surface area is 208 Å². The maximum absolute atomic E-state index is 10.7. The van der Waals surface area contributed by atoms with E-state index in [2.05, 4.69) is 0 Å². The highest BCUT2D eigenvalue weighted by atomic mass is 31.2. The first-order valence-corrected chi connectivity index (χ1v) is 16.0. The topological polar surface area (TPSA) is 369 Å². The fourth-order valence-corrected chi connectivity index (χ4v) is 0.400. The summed E-state index contributed by atoms with van der Waals surface area (Å²) >= 11 is 0. The second-order valence-electron chi connectivity index (χ2n) is 4.91. The standard InChI is InChI=1S/C5H12N2O.6FH2O3P/c1-6(2)5(8)7(3)4;6*1-5(2,3)4/h1-4H3;6*(H2,2,3,4). The third kappa shape index (κ3) is 719. The van der Waals surface area contributed by atoms with E-state index < -0.39 is 47.4 Å². The molecule has 33 heteroatoms. The van der Waals surface area contributed by atoms with Gasteiger partial charge in [-0.2, -0.15) is 0 Å². The Hall–Kier alpha value is -0.250. The number of amides is 2. The molecule has 240 valence electrons. The lowest BCUT2D eigenvalue weighted by Gasteiger charge is -2.16. The van der Waals surface area contributed by atoms with Gasteiger partial charge in [0.2, 0.25) is 0 Å². The normalized spacial score (nSPS) is 11.1. The summed E-state index contributed by atoms with van der Waals surface area (Å²) in [5, 5.41) is 0. The Morgan fingerprint density at radius 3 is 0.447 bits per heavy atom. The van der Waals surface area contributed by atoms with Gasteiger partial charge in [0, 0.05) is 28.2 Å². The molecule has 12 N–H and O–H groups in total. The van der Waals surface area contributed by atoms with E-state index in [1.165, 1.54) is 9.80 Å². The third-order valence-electron chi connectivity index (χ3n) is 0.765. The third-order valence-corrected chi connectivity index (χ3v) is 0.765. The second-order valence-corrected chi connectivity index (χ2v) is 10.6. The molecule has 0 saturated heterocycles. The fourth-order valence-electron chi connectivity index (χ4n) is 0.400. The van der Waals surface area contributed by atoms with Crippen LogP contribution in [-0.2, 0) is 27.4 Å². The molecule has 0 atom stereocenters. The summed E-state index contributed by atoms with van der Waals surface area (Å²) in [4.78, 5) is 97.3. The lowest BCUT2D eigenvalue weighted by molar-refractivity contribution is 0.191. The van der Waals surface area contributed by atoms with Crippen LogP contribution in [0.5, 0.6) is 0 Å². The molecule has 0 fully saturated rings. The van der Waals surface area contributed by atoms with Gasteiger partial charge in [-0.25, -0.2) is 32.2 Å². The zero-order valence-electron chi connectivity index (χ0n) is 18.6. The highest BCUT2D eigenvalue weighted by molar-refractivity contribution is 7.46. The summed E-state index contributed by atoms with van der Waals surface area (Å²) in [6, 6.07) is 0.0185. The molecule has 0 aliphatic heterocycles. The summed E-state index contributed by atoms with van der Waals surface area (Å²) in [5.74, 6) is 0. The van der Waals surface area contributed by atoms with Crippen molar-refractivity contribution in [1.29, 1.82) is 0 Å². The van der Waals surface area contributed by atoms with Crippen molar-refractivity contribution in [2.45, 2.75) is 0 Å². The average molecular weight is 716 g/mol. The molecule has 0 spiro atoms. The number of carbonyl (C=O) groups is 1. The van der Waals surface area contributed by atoms with Crippen LogP contribution in [0.4, 0.5) is 30.0 Å². The molecule has 0 aliphatic rings. The van der Waals surface area contributed by atoms with Crippen molar-refractivity contribution in [2.75, 3.05) is 28.2 Å². The zero-order chi connectivity index (χ0) is 33.7. The average Bonchev–Trinajstić information content (AvgIpc) is 2.34. The van der Waals surface area contributed by atoms with Crippen LogP contribution in [0.15, 0.2) is 0 Å². The van der Waals surface area contributed by atoms with Crippen molar-refractivity contribution in [3.8, 4) is 0 Å². The fraction of sp³-hybridized carbons (Fsp3) is 0.800. The van der Waals surface area contributed by atoms with Gasteiger partial charge in [-0.3, -0.25) is 58.7 Å². The minimum absolute atomic E-state index is 0.0185. The summed E-state index contributed by atoms with van der Waals surface area (Å²) in [7, 11) is -23.9. The number of rotatable bonds is 0. The Kier molecular flexibility index (Phi) is 33.3. The van der Waals surface area contributed by atoms with Crippen molar-refractivity contribution in [2.24, 2.45) is 0 Å². The van der Waals surface area contributed by atoms with Crippen LogP contribution in [0, 0.1) is 0 Å². The molecule has 0 heterocycles. The molecule has 0 radical (unpaired) electrons. The second kappa shape index (κ2) is 23.5. The van der Waals surface area contributed by atoms with Crippen molar-refractivity contribution in [1.82, 2.24) is 9.80 Å². The highest BCUT2D eigenvalue weighted by Crippen LogP contribution is 2.37. The van der Waals surface area contributed by atoms with Crippen LogP contribution >= 0.6 is 47.4 Å². The first-order valence-electron chi connectivity index (χ1n) is 6.95. The molecule has 2 amide bonds.